The Morgan fingerprint density at radius 2 is 1.79 bits per heavy atom. The molecule has 0 radical (unpaired) electrons. The van der Waals surface area contributed by atoms with Crippen molar-refractivity contribution >= 4 is 45.9 Å². The van der Waals surface area contributed by atoms with E-state index in [1.54, 1.807) is 6.20 Å². The molecule has 6 rings (SSSR count). The third kappa shape index (κ3) is 6.06. The minimum Gasteiger partial charge on any atom is -0.379 e. The summed E-state index contributed by atoms with van der Waals surface area (Å²) in [6.45, 7) is 0. The van der Waals surface area contributed by atoms with E-state index < -0.39 is 11.7 Å². The first-order valence-electron chi connectivity index (χ1n) is 13.2. The third-order valence-corrected chi connectivity index (χ3v) is 7.98. The van der Waals surface area contributed by atoms with E-state index in [9.17, 15) is 14.0 Å². The van der Waals surface area contributed by atoms with E-state index in [0.717, 1.165) is 55.4 Å². The highest BCUT2D eigenvalue weighted by molar-refractivity contribution is 7.09. The quantitative estimate of drug-likeness (QED) is 0.260. The molecule has 3 N–H and O–H groups in total. The number of thiazole rings is 1. The van der Waals surface area contributed by atoms with E-state index in [0.29, 0.717) is 36.3 Å². The molecule has 4 aromatic heterocycles. The van der Waals surface area contributed by atoms with Crippen molar-refractivity contribution in [1.29, 1.82) is 0 Å². The van der Waals surface area contributed by atoms with Crippen LogP contribution in [0.2, 0.25) is 0 Å². The van der Waals surface area contributed by atoms with Gasteiger partial charge in [-0.1, -0.05) is 0 Å². The second kappa shape index (κ2) is 11.0. The smallest absolute Gasteiger partial charge is 0.276 e. The highest BCUT2D eigenvalue weighted by Crippen LogP contribution is 2.32. The molecule has 2 fully saturated rings. The number of amides is 1. The lowest BCUT2D eigenvalue weighted by Gasteiger charge is -2.29. The summed E-state index contributed by atoms with van der Waals surface area (Å²) in [5.41, 5.74) is 1.57. The lowest BCUT2D eigenvalue weighted by Crippen LogP contribution is -2.28. The van der Waals surface area contributed by atoms with Crippen LogP contribution in [0, 0.1) is 11.7 Å². The van der Waals surface area contributed by atoms with Gasteiger partial charge in [-0.2, -0.15) is 0 Å². The summed E-state index contributed by atoms with van der Waals surface area (Å²) in [6, 6.07) is 3.93. The minimum atomic E-state index is -0.619. The molecule has 0 unspecified atom stereocenters. The fourth-order valence-electron chi connectivity index (χ4n) is 5.03. The number of pyridine rings is 1. The van der Waals surface area contributed by atoms with Gasteiger partial charge in [0.15, 0.2) is 17.2 Å². The zero-order valence-electron chi connectivity index (χ0n) is 21.3. The molecule has 202 valence electrons. The Hall–Kier alpha value is -3.93. The van der Waals surface area contributed by atoms with Gasteiger partial charge >= 0.3 is 0 Å². The van der Waals surface area contributed by atoms with Gasteiger partial charge < -0.3 is 16.0 Å². The van der Waals surface area contributed by atoms with Crippen LogP contribution in [-0.4, -0.2) is 48.3 Å². The van der Waals surface area contributed by atoms with Crippen molar-refractivity contribution in [2.45, 2.75) is 63.5 Å². The minimum absolute atomic E-state index is 0.0393. The maximum Gasteiger partial charge on any atom is 0.276 e. The number of hydrogen-bond donors (Lipinski definition) is 3. The number of carbonyl (C=O) groups is 2. The molecular weight excluding hydrogens is 519 g/mol. The maximum absolute atomic E-state index is 14.1. The number of rotatable bonds is 10. The number of aromatic nitrogens is 5. The molecule has 0 aliphatic heterocycles. The Kier molecular flexibility index (Phi) is 7.18. The maximum atomic E-state index is 14.1. The first-order valence-corrected chi connectivity index (χ1v) is 14.1. The van der Waals surface area contributed by atoms with E-state index >= 15 is 0 Å². The van der Waals surface area contributed by atoms with Crippen molar-refractivity contribution in [3.8, 4) is 0 Å². The van der Waals surface area contributed by atoms with E-state index in [-0.39, 0.29) is 23.2 Å². The van der Waals surface area contributed by atoms with Gasteiger partial charge in [0, 0.05) is 42.3 Å². The Labute approximate surface area is 228 Å². The lowest BCUT2D eigenvalue weighted by atomic mass is 9.83. The number of Topliss-reactive ketones (excluding diaryl/α,β-unsaturated/α-hetero) is 1. The molecule has 0 saturated heterocycles. The average molecular weight is 549 g/mol. The molecule has 12 heteroatoms. The fourth-order valence-corrected chi connectivity index (χ4v) is 5.68. The molecule has 4 aromatic rings. The van der Waals surface area contributed by atoms with Gasteiger partial charge in [-0.05, 0) is 50.5 Å². The number of halogens is 1. The SMILES string of the molecule is O=C(Cc1nccs1)CC1CCC(Nc2cc(NC3CC3)c3ncc(C(=O)Nc4ccncc4F)n3n2)CC1. The van der Waals surface area contributed by atoms with Gasteiger partial charge in [-0.3, -0.25) is 14.6 Å². The van der Waals surface area contributed by atoms with Crippen molar-refractivity contribution in [1.82, 2.24) is 24.6 Å². The van der Waals surface area contributed by atoms with Crippen LogP contribution in [0.15, 0.2) is 42.3 Å². The molecule has 0 atom stereocenters. The lowest BCUT2D eigenvalue weighted by molar-refractivity contribution is -0.119. The highest BCUT2D eigenvalue weighted by Gasteiger charge is 2.27. The van der Waals surface area contributed by atoms with Crippen LogP contribution < -0.4 is 16.0 Å². The number of imidazole rings is 1. The average Bonchev–Trinajstić information content (AvgIpc) is 3.39. The number of nitrogens with zero attached hydrogens (tertiary/aromatic N) is 5. The summed E-state index contributed by atoms with van der Waals surface area (Å²) in [6.07, 6.45) is 12.6. The number of nitrogens with one attached hydrogen (secondary N) is 3. The highest BCUT2D eigenvalue weighted by atomic mass is 32.1. The number of carbonyl (C=O) groups excluding carboxylic acids is 2. The zero-order valence-corrected chi connectivity index (χ0v) is 22.1. The molecule has 0 spiro atoms. The largest absolute Gasteiger partial charge is 0.379 e. The number of ketones is 1. The van der Waals surface area contributed by atoms with E-state index in [4.69, 9.17) is 0 Å². The van der Waals surface area contributed by atoms with Crippen LogP contribution in [0.4, 0.5) is 21.6 Å². The third-order valence-electron chi connectivity index (χ3n) is 7.20. The van der Waals surface area contributed by atoms with Crippen LogP contribution in [0.5, 0.6) is 0 Å². The molecule has 2 aliphatic carbocycles. The standard InChI is InChI=1S/C27H29FN8O2S/c28-20-14-29-8-7-21(20)34-27(38)23-15-31-26-22(32-17-5-6-17)13-24(35-36(23)26)33-18-3-1-16(2-4-18)11-19(37)12-25-30-9-10-39-25/h7-10,13-18,32H,1-6,11-12H2,(H,33,35)(H,29,34,38). The Morgan fingerprint density at radius 3 is 2.54 bits per heavy atom. The summed E-state index contributed by atoms with van der Waals surface area (Å²) in [5, 5.41) is 17.1. The number of hydrogen-bond acceptors (Lipinski definition) is 9. The molecule has 1 amide bonds. The predicted molar refractivity (Wildman–Crippen MR) is 147 cm³/mol. The molecule has 0 bridgehead atoms. The van der Waals surface area contributed by atoms with Crippen molar-refractivity contribution in [3.63, 3.8) is 0 Å². The van der Waals surface area contributed by atoms with Crippen LogP contribution in [0.3, 0.4) is 0 Å². The van der Waals surface area contributed by atoms with E-state index in [1.807, 2.05) is 11.4 Å². The van der Waals surface area contributed by atoms with Gasteiger partial charge in [0.1, 0.15) is 11.6 Å². The van der Waals surface area contributed by atoms with Crippen LogP contribution in [0.25, 0.3) is 5.65 Å². The molecule has 4 heterocycles. The molecule has 2 saturated carbocycles. The van der Waals surface area contributed by atoms with Crippen molar-refractivity contribution in [3.05, 3.63) is 58.8 Å². The Morgan fingerprint density at radius 1 is 1.00 bits per heavy atom. The monoisotopic (exact) mass is 548 g/mol. The van der Waals surface area contributed by atoms with Gasteiger partial charge in [-0.25, -0.2) is 18.9 Å². The molecule has 39 heavy (non-hydrogen) atoms. The van der Waals surface area contributed by atoms with Gasteiger partial charge in [-0.15, -0.1) is 16.4 Å². The van der Waals surface area contributed by atoms with Crippen LogP contribution in [-0.2, 0) is 11.2 Å². The molecule has 2 aliphatic rings. The summed E-state index contributed by atoms with van der Waals surface area (Å²) in [7, 11) is 0. The summed E-state index contributed by atoms with van der Waals surface area (Å²) >= 11 is 1.52. The second-order valence-electron chi connectivity index (χ2n) is 10.3. The van der Waals surface area contributed by atoms with Gasteiger partial charge in [0.25, 0.3) is 5.91 Å². The van der Waals surface area contributed by atoms with Crippen LogP contribution in [0.1, 0.15) is 60.4 Å². The molecule has 0 aromatic carbocycles. The molecular formula is C27H29FN8O2S. The van der Waals surface area contributed by atoms with Gasteiger partial charge in [0.05, 0.1) is 35.2 Å². The van der Waals surface area contributed by atoms with E-state index in [2.05, 4.69) is 36.0 Å². The predicted octanol–water partition coefficient (Wildman–Crippen LogP) is 4.72. The Bertz CT molecular complexity index is 1480. The van der Waals surface area contributed by atoms with Crippen molar-refractivity contribution in [2.75, 3.05) is 16.0 Å². The second-order valence-corrected chi connectivity index (χ2v) is 11.2. The Balaban J connectivity index is 1.14. The zero-order chi connectivity index (χ0) is 26.8. The van der Waals surface area contributed by atoms with Crippen molar-refractivity contribution < 1.29 is 14.0 Å². The van der Waals surface area contributed by atoms with E-state index in [1.165, 1.54) is 34.3 Å². The summed E-state index contributed by atoms with van der Waals surface area (Å²) < 4.78 is 15.6. The first kappa shape index (κ1) is 25.4. The van der Waals surface area contributed by atoms with Crippen molar-refractivity contribution in [2.24, 2.45) is 5.92 Å². The summed E-state index contributed by atoms with van der Waals surface area (Å²) in [5.74, 6) is 0.137. The normalized spacial score (nSPS) is 19.1. The first-order chi connectivity index (χ1) is 19.0. The number of fused-ring (bicyclic) bond motifs is 1. The van der Waals surface area contributed by atoms with Gasteiger partial charge in [0.2, 0.25) is 0 Å². The number of anilines is 3. The topological polar surface area (TPSA) is 126 Å². The fraction of sp³-hybridized carbons (Fsp3) is 0.407. The van der Waals surface area contributed by atoms with Crippen LogP contribution >= 0.6 is 11.3 Å². The summed E-state index contributed by atoms with van der Waals surface area (Å²) in [4.78, 5) is 37.9. The molecule has 10 nitrogen and oxygen atoms in total.